The second-order valence-corrected chi connectivity index (χ2v) is 6.56. The Hall–Kier alpha value is -1.06. The van der Waals surface area contributed by atoms with Crippen LogP contribution in [0.4, 0.5) is 0 Å². The lowest BCUT2D eigenvalue weighted by molar-refractivity contribution is -0.125. The van der Waals surface area contributed by atoms with Gasteiger partial charge in [0.25, 0.3) is 5.91 Å². The van der Waals surface area contributed by atoms with Gasteiger partial charge >= 0.3 is 0 Å². The summed E-state index contributed by atoms with van der Waals surface area (Å²) < 4.78 is 0. The lowest BCUT2D eigenvalue weighted by Gasteiger charge is -2.17. The Bertz CT molecular complexity index is 304. The lowest BCUT2D eigenvalue weighted by atomic mass is 9.91. The molecule has 0 aromatic heterocycles. The number of nitrogens with zero attached hydrogens (tertiary/aromatic N) is 1. The van der Waals surface area contributed by atoms with Crippen LogP contribution in [-0.4, -0.2) is 24.8 Å². The average molecular weight is 270 g/mol. The van der Waals surface area contributed by atoms with Gasteiger partial charge < -0.3 is 10.2 Å². The number of oxime groups is 1. The normalized spacial score (nSPS) is 14.4. The van der Waals surface area contributed by atoms with Crippen molar-refractivity contribution in [2.24, 2.45) is 22.4 Å². The number of hydrogen-bond acceptors (Lipinski definition) is 3. The highest BCUT2D eigenvalue weighted by atomic mass is 16.6. The van der Waals surface area contributed by atoms with E-state index in [1.807, 2.05) is 6.92 Å². The molecule has 4 nitrogen and oxygen atoms in total. The lowest BCUT2D eigenvalue weighted by Crippen LogP contribution is -2.29. The second-order valence-electron chi connectivity index (χ2n) is 6.56. The van der Waals surface area contributed by atoms with Gasteiger partial charge in [-0.1, -0.05) is 46.7 Å². The van der Waals surface area contributed by atoms with Gasteiger partial charge in [-0.25, -0.2) is 0 Å². The van der Waals surface area contributed by atoms with Crippen LogP contribution in [-0.2, 0) is 9.63 Å². The van der Waals surface area contributed by atoms with Crippen LogP contribution in [0.25, 0.3) is 0 Å². The maximum Gasteiger partial charge on any atom is 0.260 e. The predicted octanol–water partition coefficient (Wildman–Crippen LogP) is 3.22. The Balaban J connectivity index is 3.83. The first kappa shape index (κ1) is 17.9. The minimum atomic E-state index is -0.110. The van der Waals surface area contributed by atoms with E-state index >= 15 is 0 Å². The van der Waals surface area contributed by atoms with Crippen LogP contribution >= 0.6 is 0 Å². The number of carbonyl (C=O) groups is 1. The van der Waals surface area contributed by atoms with Gasteiger partial charge in [-0.3, -0.25) is 4.79 Å². The molecular weight excluding hydrogens is 240 g/mol. The quantitative estimate of drug-likeness (QED) is 0.570. The molecule has 0 aliphatic carbocycles. The van der Waals surface area contributed by atoms with E-state index in [0.29, 0.717) is 18.4 Å². The van der Waals surface area contributed by atoms with Gasteiger partial charge in [0.05, 0.1) is 5.71 Å². The summed E-state index contributed by atoms with van der Waals surface area (Å²) in [6.45, 7) is 15.4. The van der Waals surface area contributed by atoms with E-state index in [4.69, 9.17) is 4.84 Å². The molecule has 0 bridgehead atoms. The average Bonchev–Trinajstić information content (AvgIpc) is 2.27. The van der Waals surface area contributed by atoms with Gasteiger partial charge in [0.2, 0.25) is 0 Å². The molecule has 1 unspecified atom stereocenters. The highest BCUT2D eigenvalue weighted by Crippen LogP contribution is 2.15. The van der Waals surface area contributed by atoms with Crippen LogP contribution in [0.3, 0.4) is 0 Å². The van der Waals surface area contributed by atoms with Crippen molar-refractivity contribution in [1.29, 1.82) is 0 Å². The molecule has 0 saturated carbocycles. The van der Waals surface area contributed by atoms with Gasteiger partial charge in [-0.15, -0.1) is 0 Å². The summed E-state index contributed by atoms with van der Waals surface area (Å²) in [4.78, 5) is 16.6. The number of amides is 1. The molecule has 112 valence electrons. The molecule has 0 heterocycles. The first-order valence-electron chi connectivity index (χ1n) is 7.08. The molecule has 1 atom stereocenters. The van der Waals surface area contributed by atoms with Crippen LogP contribution in [0.2, 0.25) is 0 Å². The molecule has 0 rings (SSSR count). The van der Waals surface area contributed by atoms with Crippen molar-refractivity contribution in [3.63, 3.8) is 0 Å². The van der Waals surface area contributed by atoms with Crippen LogP contribution < -0.4 is 5.32 Å². The van der Waals surface area contributed by atoms with Crippen molar-refractivity contribution in [1.82, 2.24) is 5.32 Å². The first-order valence-corrected chi connectivity index (χ1v) is 7.08. The van der Waals surface area contributed by atoms with E-state index in [1.165, 1.54) is 0 Å². The monoisotopic (exact) mass is 270 g/mol. The van der Waals surface area contributed by atoms with Crippen LogP contribution in [0.15, 0.2) is 5.16 Å². The third-order valence-corrected chi connectivity index (χ3v) is 3.54. The Kier molecular flexibility index (Phi) is 7.72. The maximum atomic E-state index is 11.5. The first-order chi connectivity index (χ1) is 8.64. The minimum Gasteiger partial charge on any atom is -0.386 e. The largest absolute Gasteiger partial charge is 0.386 e. The molecule has 4 heteroatoms. The summed E-state index contributed by atoms with van der Waals surface area (Å²) >= 11 is 0. The van der Waals surface area contributed by atoms with Crippen molar-refractivity contribution in [3.05, 3.63) is 0 Å². The molecular formula is C15H30N2O2. The van der Waals surface area contributed by atoms with E-state index in [1.54, 1.807) is 0 Å². The van der Waals surface area contributed by atoms with Gasteiger partial charge in [-0.2, -0.15) is 0 Å². The highest BCUT2D eigenvalue weighted by Gasteiger charge is 2.15. The molecule has 0 fully saturated rings. The van der Waals surface area contributed by atoms with Crippen molar-refractivity contribution in [2.45, 2.75) is 54.9 Å². The molecule has 1 N–H and O–H groups in total. The van der Waals surface area contributed by atoms with Crippen LogP contribution in [0.1, 0.15) is 54.9 Å². The zero-order valence-electron chi connectivity index (χ0n) is 13.5. The SMILES string of the molecule is C/C(=N/OCC(=O)NCCC(C)C(C)C)C(C)(C)C. The minimum absolute atomic E-state index is 0.0104. The van der Waals surface area contributed by atoms with Crippen molar-refractivity contribution in [3.8, 4) is 0 Å². The fraction of sp³-hybridized carbons (Fsp3) is 0.867. The zero-order valence-corrected chi connectivity index (χ0v) is 13.5. The summed E-state index contributed by atoms with van der Waals surface area (Å²) in [5, 5.41) is 6.81. The van der Waals surface area contributed by atoms with Crippen molar-refractivity contribution in [2.75, 3.05) is 13.2 Å². The van der Waals surface area contributed by atoms with E-state index in [0.717, 1.165) is 12.1 Å². The Labute approximate surface area is 118 Å². The predicted molar refractivity (Wildman–Crippen MR) is 80.1 cm³/mol. The summed E-state index contributed by atoms with van der Waals surface area (Å²) in [7, 11) is 0. The number of hydrogen-bond donors (Lipinski definition) is 1. The van der Waals surface area contributed by atoms with E-state index in [9.17, 15) is 4.79 Å². The smallest absolute Gasteiger partial charge is 0.260 e. The number of rotatable bonds is 7. The molecule has 0 aromatic rings. The molecule has 0 aliphatic rings. The summed E-state index contributed by atoms with van der Waals surface area (Å²) in [5.41, 5.74) is 0.858. The summed E-state index contributed by atoms with van der Waals surface area (Å²) in [6, 6.07) is 0. The van der Waals surface area contributed by atoms with Crippen LogP contribution in [0.5, 0.6) is 0 Å². The highest BCUT2D eigenvalue weighted by molar-refractivity contribution is 5.86. The fourth-order valence-corrected chi connectivity index (χ4v) is 1.15. The topological polar surface area (TPSA) is 50.7 Å². The van der Waals surface area contributed by atoms with Gasteiger partial charge in [0.15, 0.2) is 6.61 Å². The van der Waals surface area contributed by atoms with E-state index in [-0.39, 0.29) is 17.9 Å². The Morgan fingerprint density at radius 2 is 1.84 bits per heavy atom. The third-order valence-electron chi connectivity index (χ3n) is 3.54. The van der Waals surface area contributed by atoms with E-state index in [2.05, 4.69) is 52.0 Å². The van der Waals surface area contributed by atoms with Crippen molar-refractivity contribution >= 4 is 11.6 Å². The molecule has 0 spiro atoms. The molecule has 0 aliphatic heterocycles. The van der Waals surface area contributed by atoms with Gasteiger partial charge in [-0.05, 0) is 25.2 Å². The zero-order chi connectivity index (χ0) is 15.1. The molecule has 0 radical (unpaired) electrons. The Morgan fingerprint density at radius 3 is 2.32 bits per heavy atom. The molecule has 0 saturated heterocycles. The van der Waals surface area contributed by atoms with Crippen molar-refractivity contribution < 1.29 is 9.63 Å². The van der Waals surface area contributed by atoms with Gasteiger partial charge in [0.1, 0.15) is 0 Å². The number of nitrogens with one attached hydrogen (secondary N) is 1. The fourth-order valence-electron chi connectivity index (χ4n) is 1.15. The summed E-state index contributed by atoms with van der Waals surface area (Å²) in [5.74, 6) is 1.15. The second kappa shape index (κ2) is 8.18. The Morgan fingerprint density at radius 1 is 1.26 bits per heavy atom. The number of carbonyl (C=O) groups excluding carboxylic acids is 1. The van der Waals surface area contributed by atoms with Gasteiger partial charge in [0, 0.05) is 12.0 Å². The molecule has 19 heavy (non-hydrogen) atoms. The van der Waals surface area contributed by atoms with Crippen LogP contribution in [0, 0.1) is 17.3 Å². The third kappa shape index (κ3) is 8.62. The standard InChI is InChI=1S/C15H30N2O2/c1-11(2)12(3)8-9-16-14(18)10-19-17-13(4)15(5,6)7/h11-12H,8-10H2,1-7H3,(H,16,18)/b17-13-. The maximum absolute atomic E-state index is 11.5. The molecule has 1 amide bonds. The molecule has 0 aromatic carbocycles. The van der Waals surface area contributed by atoms with E-state index < -0.39 is 0 Å². The summed E-state index contributed by atoms with van der Waals surface area (Å²) in [6.07, 6.45) is 0.994.